The van der Waals surface area contributed by atoms with Crippen LogP contribution in [0.3, 0.4) is 0 Å². The van der Waals surface area contributed by atoms with Crippen molar-refractivity contribution < 1.29 is 0 Å². The Morgan fingerprint density at radius 1 is 1.11 bits per heavy atom. The Morgan fingerprint density at radius 2 is 1.96 bits per heavy atom. The molecule has 1 aliphatic heterocycles. The van der Waals surface area contributed by atoms with Crippen molar-refractivity contribution in [2.24, 2.45) is 0 Å². The molecule has 0 radical (unpaired) electrons. The lowest BCUT2D eigenvalue weighted by Gasteiger charge is -2.36. The van der Waals surface area contributed by atoms with Gasteiger partial charge in [-0.25, -0.2) is 4.98 Å². The Morgan fingerprint density at radius 3 is 2.78 bits per heavy atom. The van der Waals surface area contributed by atoms with Crippen molar-refractivity contribution in [1.82, 2.24) is 15.3 Å². The highest BCUT2D eigenvalue weighted by molar-refractivity contribution is 5.98. The van der Waals surface area contributed by atoms with E-state index in [0.29, 0.717) is 0 Å². The second kappa shape index (κ2) is 7.41. The third kappa shape index (κ3) is 3.28. The number of nitrogens with one attached hydrogen (secondary N) is 2. The summed E-state index contributed by atoms with van der Waals surface area (Å²) in [6, 6.07) is 13.0. The zero-order valence-corrected chi connectivity index (χ0v) is 16.0. The number of fused-ring (bicyclic) bond motifs is 2. The number of nitrogens with zero attached hydrogens (tertiary/aromatic N) is 2. The topological polar surface area (TPSA) is 44.0 Å². The lowest BCUT2D eigenvalue weighted by atomic mass is 9.88. The van der Waals surface area contributed by atoms with Crippen molar-refractivity contribution >= 4 is 16.9 Å². The number of rotatable bonds is 6. The van der Waals surface area contributed by atoms with Gasteiger partial charge in [0.1, 0.15) is 5.82 Å². The molecule has 27 heavy (non-hydrogen) atoms. The quantitative estimate of drug-likeness (QED) is 0.627. The summed E-state index contributed by atoms with van der Waals surface area (Å²) < 4.78 is 0. The summed E-state index contributed by atoms with van der Waals surface area (Å²) in [4.78, 5) is 9.85. The average molecular weight is 358 g/mol. The van der Waals surface area contributed by atoms with E-state index in [1.165, 1.54) is 33.6 Å². The fourth-order valence-electron chi connectivity index (χ4n) is 3.82. The van der Waals surface area contributed by atoms with E-state index in [1.54, 1.807) is 6.20 Å². The highest BCUT2D eigenvalue weighted by atomic mass is 15.2. The van der Waals surface area contributed by atoms with Gasteiger partial charge in [0.2, 0.25) is 0 Å². The summed E-state index contributed by atoms with van der Waals surface area (Å²) >= 11 is 0. The molecule has 0 aliphatic carbocycles. The van der Waals surface area contributed by atoms with E-state index in [4.69, 9.17) is 0 Å². The van der Waals surface area contributed by atoms with Gasteiger partial charge in [0.05, 0.1) is 12.2 Å². The van der Waals surface area contributed by atoms with Crippen molar-refractivity contribution in [3.63, 3.8) is 0 Å². The SMILES string of the molecule is C=C1c2ccccc2N(CCCNCc2ncc[nH]2)c2c1ccc(C)c2C. The van der Waals surface area contributed by atoms with Gasteiger partial charge in [-0.15, -0.1) is 0 Å². The summed E-state index contributed by atoms with van der Waals surface area (Å²) in [7, 11) is 0. The van der Waals surface area contributed by atoms with Crippen LogP contribution in [-0.2, 0) is 6.54 Å². The van der Waals surface area contributed by atoms with Crippen LogP contribution < -0.4 is 10.2 Å². The summed E-state index contributed by atoms with van der Waals surface area (Å²) in [6.07, 6.45) is 4.70. The lowest BCUT2D eigenvalue weighted by Crippen LogP contribution is -2.28. The molecule has 4 rings (SSSR count). The monoisotopic (exact) mass is 358 g/mol. The fraction of sp³-hybridized carbons (Fsp3) is 0.261. The molecule has 0 saturated carbocycles. The van der Waals surface area contributed by atoms with Crippen LogP contribution in [-0.4, -0.2) is 23.1 Å². The van der Waals surface area contributed by atoms with E-state index >= 15 is 0 Å². The Bertz CT molecular complexity index is 957. The first-order valence-electron chi connectivity index (χ1n) is 9.52. The van der Waals surface area contributed by atoms with Gasteiger partial charge in [-0.05, 0) is 49.6 Å². The molecule has 2 aromatic carbocycles. The van der Waals surface area contributed by atoms with Crippen molar-refractivity contribution in [2.45, 2.75) is 26.8 Å². The van der Waals surface area contributed by atoms with Gasteiger partial charge < -0.3 is 15.2 Å². The molecule has 0 fully saturated rings. The van der Waals surface area contributed by atoms with Crippen LogP contribution in [0.5, 0.6) is 0 Å². The largest absolute Gasteiger partial charge is 0.348 e. The van der Waals surface area contributed by atoms with Gasteiger partial charge in [-0.3, -0.25) is 0 Å². The van der Waals surface area contributed by atoms with E-state index < -0.39 is 0 Å². The van der Waals surface area contributed by atoms with Crippen LogP contribution in [0.2, 0.25) is 0 Å². The Kier molecular flexibility index (Phi) is 4.82. The molecule has 138 valence electrons. The minimum Gasteiger partial charge on any atom is -0.348 e. The minimum atomic E-state index is 0.773. The van der Waals surface area contributed by atoms with Crippen LogP contribution in [0, 0.1) is 13.8 Å². The summed E-state index contributed by atoms with van der Waals surface area (Å²) in [5.41, 5.74) is 8.83. The zero-order chi connectivity index (χ0) is 18.8. The molecule has 0 spiro atoms. The normalized spacial score (nSPS) is 12.8. The molecular weight excluding hydrogens is 332 g/mol. The van der Waals surface area contributed by atoms with Crippen LogP contribution in [0.15, 0.2) is 55.4 Å². The maximum absolute atomic E-state index is 4.39. The first-order valence-corrected chi connectivity index (χ1v) is 9.52. The highest BCUT2D eigenvalue weighted by Crippen LogP contribution is 2.46. The first kappa shape index (κ1) is 17.6. The number of aromatic amines is 1. The lowest BCUT2D eigenvalue weighted by molar-refractivity contribution is 0.634. The first-order chi connectivity index (χ1) is 13.2. The summed E-state index contributed by atoms with van der Waals surface area (Å²) in [5, 5.41) is 3.47. The number of hydrogen-bond acceptors (Lipinski definition) is 3. The molecule has 1 aromatic heterocycles. The molecule has 2 N–H and O–H groups in total. The number of aromatic nitrogens is 2. The predicted octanol–water partition coefficient (Wildman–Crippen LogP) is 4.72. The number of anilines is 2. The second-order valence-electron chi connectivity index (χ2n) is 7.12. The van der Waals surface area contributed by atoms with Gasteiger partial charge in [-0.2, -0.15) is 0 Å². The van der Waals surface area contributed by atoms with E-state index in [9.17, 15) is 0 Å². The Hall–Kier alpha value is -2.85. The zero-order valence-electron chi connectivity index (χ0n) is 16.0. The number of para-hydroxylation sites is 1. The fourth-order valence-corrected chi connectivity index (χ4v) is 3.82. The van der Waals surface area contributed by atoms with Gasteiger partial charge in [0.15, 0.2) is 0 Å². The molecule has 0 amide bonds. The second-order valence-corrected chi connectivity index (χ2v) is 7.12. The van der Waals surface area contributed by atoms with E-state index in [0.717, 1.165) is 37.5 Å². The number of imidazole rings is 1. The molecule has 3 aromatic rings. The average Bonchev–Trinajstić information content (AvgIpc) is 3.20. The van der Waals surface area contributed by atoms with E-state index in [-0.39, 0.29) is 0 Å². The Labute approximate surface area is 161 Å². The molecule has 0 saturated heterocycles. The highest BCUT2D eigenvalue weighted by Gasteiger charge is 2.26. The van der Waals surface area contributed by atoms with Gasteiger partial charge >= 0.3 is 0 Å². The van der Waals surface area contributed by atoms with Crippen LogP contribution in [0.25, 0.3) is 5.57 Å². The van der Waals surface area contributed by atoms with Crippen LogP contribution in [0.1, 0.15) is 34.5 Å². The van der Waals surface area contributed by atoms with Gasteiger partial charge in [-0.1, -0.05) is 36.9 Å². The van der Waals surface area contributed by atoms with Crippen molar-refractivity contribution in [2.75, 3.05) is 18.0 Å². The molecule has 0 unspecified atom stereocenters. The molecular formula is C23H26N4. The van der Waals surface area contributed by atoms with Crippen molar-refractivity contribution in [3.05, 3.63) is 83.4 Å². The number of H-pyrrole nitrogens is 1. The van der Waals surface area contributed by atoms with Crippen LogP contribution >= 0.6 is 0 Å². The molecule has 0 atom stereocenters. The van der Waals surface area contributed by atoms with E-state index in [2.05, 4.69) is 77.0 Å². The number of aryl methyl sites for hydroxylation is 1. The molecule has 2 heterocycles. The van der Waals surface area contributed by atoms with E-state index in [1.807, 2.05) is 6.20 Å². The summed E-state index contributed by atoms with van der Waals surface area (Å²) in [5.74, 6) is 0.978. The smallest absolute Gasteiger partial charge is 0.120 e. The standard InChI is InChI=1S/C23H26N4/c1-16-9-10-20-18(3)19-7-4-5-8-21(19)27(23(20)17(16)2)14-6-11-24-15-22-25-12-13-26-22/h4-5,7-10,12-13,24H,3,6,11,14-15H2,1-2H3,(H,25,26). The maximum atomic E-state index is 4.39. The molecule has 0 bridgehead atoms. The maximum Gasteiger partial charge on any atom is 0.120 e. The Balaban J connectivity index is 1.55. The molecule has 1 aliphatic rings. The summed E-state index contributed by atoms with van der Waals surface area (Å²) in [6.45, 7) is 11.5. The minimum absolute atomic E-state index is 0.773. The predicted molar refractivity (Wildman–Crippen MR) is 112 cm³/mol. The third-order valence-corrected chi connectivity index (χ3v) is 5.40. The van der Waals surface area contributed by atoms with Crippen LogP contribution in [0.4, 0.5) is 11.4 Å². The number of benzene rings is 2. The molecule has 4 heteroatoms. The van der Waals surface area contributed by atoms with Gasteiger partial charge in [0, 0.05) is 35.8 Å². The third-order valence-electron chi connectivity index (χ3n) is 5.40. The van der Waals surface area contributed by atoms with Crippen molar-refractivity contribution in [1.29, 1.82) is 0 Å². The van der Waals surface area contributed by atoms with Gasteiger partial charge in [0.25, 0.3) is 0 Å². The molecule has 4 nitrogen and oxygen atoms in total. The van der Waals surface area contributed by atoms with Crippen molar-refractivity contribution in [3.8, 4) is 0 Å². The number of hydrogen-bond donors (Lipinski definition) is 2.